The maximum Gasteiger partial charge on any atom is 0.307 e. The van der Waals surface area contributed by atoms with Crippen molar-refractivity contribution in [2.24, 2.45) is 0 Å². The molecule has 0 saturated heterocycles. The van der Waals surface area contributed by atoms with E-state index in [9.17, 15) is 9.59 Å². The number of ether oxygens (including phenoxy) is 2. The average Bonchev–Trinajstić information content (AvgIpc) is 2.65. The van der Waals surface area contributed by atoms with Gasteiger partial charge in [0.15, 0.2) is 6.61 Å². The summed E-state index contributed by atoms with van der Waals surface area (Å²) in [6.07, 6.45) is 3.49. The fourth-order valence-corrected chi connectivity index (χ4v) is 2.33. The van der Waals surface area contributed by atoms with Crippen molar-refractivity contribution in [1.82, 2.24) is 9.88 Å². The summed E-state index contributed by atoms with van der Waals surface area (Å²) in [5, 5.41) is 0. The summed E-state index contributed by atoms with van der Waals surface area (Å²) in [6, 6.07) is 11.2. The second kappa shape index (κ2) is 10.2. The number of pyridine rings is 1. The first-order valence-electron chi connectivity index (χ1n) is 8.60. The van der Waals surface area contributed by atoms with Gasteiger partial charge in [-0.1, -0.05) is 17.7 Å². The van der Waals surface area contributed by atoms with Crippen molar-refractivity contribution in [3.63, 3.8) is 0 Å². The molecule has 1 amide bonds. The normalized spacial score (nSPS) is 10.2. The fourth-order valence-electron chi connectivity index (χ4n) is 2.33. The molecular weight excluding hydrogens is 332 g/mol. The molecule has 0 bridgehead atoms. The Bertz CT molecular complexity index is 702. The highest BCUT2D eigenvalue weighted by Crippen LogP contribution is 2.12. The quantitative estimate of drug-likeness (QED) is 0.646. The van der Waals surface area contributed by atoms with Gasteiger partial charge in [-0.2, -0.15) is 0 Å². The SMILES string of the molecule is CCOC(=O)CCN(Cc1ccncc1)C(=O)COc1ccc(C)cc1. The minimum absolute atomic E-state index is 0.0863. The molecule has 1 heterocycles. The Balaban J connectivity index is 1.97. The molecule has 2 rings (SSSR count). The van der Waals surface area contributed by atoms with E-state index < -0.39 is 0 Å². The largest absolute Gasteiger partial charge is 0.484 e. The summed E-state index contributed by atoms with van der Waals surface area (Å²) in [4.78, 5) is 29.8. The molecule has 0 fully saturated rings. The van der Waals surface area contributed by atoms with Crippen LogP contribution in [-0.2, 0) is 20.9 Å². The molecule has 2 aromatic rings. The van der Waals surface area contributed by atoms with Gasteiger partial charge >= 0.3 is 5.97 Å². The Morgan fingerprint density at radius 3 is 2.42 bits per heavy atom. The summed E-state index contributed by atoms with van der Waals surface area (Å²) in [5.41, 5.74) is 2.06. The molecule has 0 saturated carbocycles. The number of rotatable bonds is 9. The van der Waals surface area contributed by atoms with E-state index >= 15 is 0 Å². The van der Waals surface area contributed by atoms with Gasteiger partial charge in [-0.05, 0) is 43.7 Å². The van der Waals surface area contributed by atoms with Gasteiger partial charge in [-0.15, -0.1) is 0 Å². The zero-order valence-electron chi connectivity index (χ0n) is 15.2. The number of aromatic nitrogens is 1. The number of carbonyl (C=O) groups excluding carboxylic acids is 2. The maximum atomic E-state index is 12.6. The lowest BCUT2D eigenvalue weighted by Gasteiger charge is -2.22. The van der Waals surface area contributed by atoms with Gasteiger partial charge in [0.25, 0.3) is 5.91 Å². The smallest absolute Gasteiger partial charge is 0.307 e. The molecule has 6 nitrogen and oxygen atoms in total. The highest BCUT2D eigenvalue weighted by molar-refractivity contribution is 5.78. The number of esters is 1. The predicted molar refractivity (Wildman–Crippen MR) is 97.6 cm³/mol. The van der Waals surface area contributed by atoms with Crippen LogP contribution in [0.3, 0.4) is 0 Å². The summed E-state index contributed by atoms with van der Waals surface area (Å²) in [6.45, 7) is 4.65. The Labute approximate surface area is 153 Å². The molecule has 1 aromatic carbocycles. The van der Waals surface area contributed by atoms with E-state index in [4.69, 9.17) is 9.47 Å². The van der Waals surface area contributed by atoms with E-state index in [1.807, 2.05) is 43.3 Å². The van der Waals surface area contributed by atoms with Crippen molar-refractivity contribution in [1.29, 1.82) is 0 Å². The minimum Gasteiger partial charge on any atom is -0.484 e. The number of aryl methyl sites for hydroxylation is 1. The summed E-state index contributed by atoms with van der Waals surface area (Å²) in [5.74, 6) is 0.129. The third-order valence-electron chi connectivity index (χ3n) is 3.75. The molecular formula is C20H24N2O4. The van der Waals surface area contributed by atoms with Crippen LogP contribution in [0.1, 0.15) is 24.5 Å². The highest BCUT2D eigenvalue weighted by Gasteiger charge is 2.17. The van der Waals surface area contributed by atoms with E-state index in [1.165, 1.54) is 0 Å². The Morgan fingerprint density at radius 1 is 1.08 bits per heavy atom. The topological polar surface area (TPSA) is 68.7 Å². The van der Waals surface area contributed by atoms with Crippen molar-refractivity contribution >= 4 is 11.9 Å². The van der Waals surface area contributed by atoms with Gasteiger partial charge in [0.05, 0.1) is 13.0 Å². The fraction of sp³-hybridized carbons (Fsp3) is 0.350. The lowest BCUT2D eigenvalue weighted by atomic mass is 10.2. The van der Waals surface area contributed by atoms with Gasteiger partial charge in [0.2, 0.25) is 0 Å². The number of hydrogen-bond acceptors (Lipinski definition) is 5. The molecule has 26 heavy (non-hydrogen) atoms. The lowest BCUT2D eigenvalue weighted by Crippen LogP contribution is -2.36. The Kier molecular flexibility index (Phi) is 7.61. The molecule has 0 aliphatic carbocycles. The summed E-state index contributed by atoms with van der Waals surface area (Å²) < 4.78 is 10.5. The maximum absolute atomic E-state index is 12.6. The average molecular weight is 356 g/mol. The minimum atomic E-state index is -0.320. The van der Waals surface area contributed by atoms with Crippen LogP contribution in [0.25, 0.3) is 0 Å². The van der Waals surface area contributed by atoms with Crippen molar-refractivity contribution in [3.8, 4) is 5.75 Å². The number of carbonyl (C=O) groups is 2. The first kappa shape index (κ1) is 19.4. The molecule has 6 heteroatoms. The van der Waals surface area contributed by atoms with Crippen molar-refractivity contribution < 1.29 is 19.1 Å². The highest BCUT2D eigenvalue weighted by atomic mass is 16.5. The molecule has 0 radical (unpaired) electrons. The van der Waals surface area contributed by atoms with Crippen LogP contribution in [0.5, 0.6) is 5.75 Å². The van der Waals surface area contributed by atoms with Crippen LogP contribution < -0.4 is 4.74 Å². The van der Waals surface area contributed by atoms with Crippen LogP contribution >= 0.6 is 0 Å². The number of hydrogen-bond donors (Lipinski definition) is 0. The third-order valence-corrected chi connectivity index (χ3v) is 3.75. The number of nitrogens with zero attached hydrogens (tertiary/aromatic N) is 2. The molecule has 0 atom stereocenters. The standard InChI is InChI=1S/C20H24N2O4/c1-3-25-20(24)10-13-22(14-17-8-11-21-12-9-17)19(23)15-26-18-6-4-16(2)5-7-18/h4-9,11-12H,3,10,13-15H2,1-2H3. The van der Waals surface area contributed by atoms with Crippen LogP contribution in [0.2, 0.25) is 0 Å². The number of benzene rings is 1. The van der Waals surface area contributed by atoms with Crippen molar-refractivity contribution in [2.75, 3.05) is 19.8 Å². The summed E-state index contributed by atoms with van der Waals surface area (Å²) >= 11 is 0. The molecule has 0 unspecified atom stereocenters. The van der Waals surface area contributed by atoms with Crippen LogP contribution in [-0.4, -0.2) is 41.5 Å². The monoisotopic (exact) mass is 356 g/mol. The van der Waals surface area contributed by atoms with E-state index in [0.717, 1.165) is 11.1 Å². The predicted octanol–water partition coefficient (Wildman–Crippen LogP) is 2.75. The second-order valence-corrected chi connectivity index (χ2v) is 5.83. The van der Waals surface area contributed by atoms with E-state index in [-0.39, 0.29) is 31.4 Å². The molecule has 0 N–H and O–H groups in total. The zero-order valence-corrected chi connectivity index (χ0v) is 15.2. The Morgan fingerprint density at radius 2 is 1.77 bits per heavy atom. The van der Waals surface area contributed by atoms with Gasteiger partial charge in [-0.25, -0.2) is 0 Å². The first-order chi connectivity index (χ1) is 12.6. The molecule has 0 spiro atoms. The van der Waals surface area contributed by atoms with Crippen LogP contribution in [0, 0.1) is 6.92 Å². The van der Waals surface area contributed by atoms with E-state index in [1.54, 1.807) is 24.2 Å². The molecule has 138 valence electrons. The molecule has 1 aromatic heterocycles. The third kappa shape index (κ3) is 6.55. The van der Waals surface area contributed by atoms with Crippen molar-refractivity contribution in [2.45, 2.75) is 26.8 Å². The van der Waals surface area contributed by atoms with Crippen LogP contribution in [0.15, 0.2) is 48.8 Å². The van der Waals surface area contributed by atoms with Gasteiger partial charge in [-0.3, -0.25) is 14.6 Å². The molecule has 0 aliphatic rings. The Hall–Kier alpha value is -2.89. The summed E-state index contributed by atoms with van der Waals surface area (Å²) in [7, 11) is 0. The van der Waals surface area contributed by atoms with Crippen LogP contribution in [0.4, 0.5) is 0 Å². The second-order valence-electron chi connectivity index (χ2n) is 5.83. The van der Waals surface area contributed by atoms with Gasteiger partial charge in [0.1, 0.15) is 5.75 Å². The van der Waals surface area contributed by atoms with E-state index in [2.05, 4.69) is 4.98 Å². The van der Waals surface area contributed by atoms with E-state index in [0.29, 0.717) is 18.9 Å². The number of amides is 1. The van der Waals surface area contributed by atoms with Gasteiger partial charge in [0, 0.05) is 25.5 Å². The molecule has 0 aliphatic heterocycles. The van der Waals surface area contributed by atoms with Crippen molar-refractivity contribution in [3.05, 3.63) is 59.9 Å². The lowest BCUT2D eigenvalue weighted by molar-refractivity contribution is -0.144. The zero-order chi connectivity index (χ0) is 18.8. The van der Waals surface area contributed by atoms with Gasteiger partial charge < -0.3 is 14.4 Å². The first-order valence-corrected chi connectivity index (χ1v) is 8.60.